The maximum absolute atomic E-state index is 14.2. The minimum Gasteiger partial charge on any atom is -0.456 e. The van der Waals surface area contributed by atoms with Crippen LogP contribution in [0.2, 0.25) is 0 Å². The lowest BCUT2D eigenvalue weighted by molar-refractivity contribution is -0.147. The average Bonchev–Trinajstić information content (AvgIpc) is 3.64. The molecule has 4 heterocycles. The molecule has 4 aliphatic rings. The first-order chi connectivity index (χ1) is 18.6. The monoisotopic (exact) mass is 507 g/mol. The van der Waals surface area contributed by atoms with Gasteiger partial charge in [0, 0.05) is 31.5 Å². The Labute approximate surface area is 221 Å². The van der Waals surface area contributed by atoms with Gasteiger partial charge < -0.3 is 19.1 Å². The van der Waals surface area contributed by atoms with E-state index in [1.54, 1.807) is 18.6 Å². The van der Waals surface area contributed by atoms with Gasteiger partial charge in [0.2, 0.25) is 11.8 Å². The Kier molecular flexibility index (Phi) is 5.29. The van der Waals surface area contributed by atoms with Crippen LogP contribution in [-0.2, 0) is 29.0 Å². The summed E-state index contributed by atoms with van der Waals surface area (Å²) in [5.41, 5.74) is 3.83. The highest BCUT2D eigenvalue weighted by atomic mass is 16.5. The van der Waals surface area contributed by atoms with Crippen molar-refractivity contribution in [3.05, 3.63) is 76.9 Å². The molecule has 2 fully saturated rings. The predicted octanol–water partition coefficient (Wildman–Crippen LogP) is 4.12. The van der Waals surface area contributed by atoms with Crippen molar-refractivity contribution in [3.63, 3.8) is 0 Å². The van der Waals surface area contributed by atoms with Crippen molar-refractivity contribution in [2.24, 2.45) is 0 Å². The third kappa shape index (κ3) is 3.52. The molecule has 1 aromatic heterocycles. The molecule has 1 aliphatic carbocycles. The summed E-state index contributed by atoms with van der Waals surface area (Å²) in [6.45, 7) is 1.76. The van der Waals surface area contributed by atoms with Crippen molar-refractivity contribution in [1.29, 1.82) is 5.26 Å². The highest BCUT2D eigenvalue weighted by Gasteiger charge is 2.56. The molecule has 8 heteroatoms. The van der Waals surface area contributed by atoms with Crippen LogP contribution in [0.25, 0.3) is 0 Å². The molecule has 0 radical (unpaired) electrons. The fourth-order valence-corrected chi connectivity index (χ4v) is 7.00. The lowest BCUT2D eigenvalue weighted by atomic mass is 9.86. The lowest BCUT2D eigenvalue weighted by Crippen LogP contribution is -2.53. The Morgan fingerprint density at radius 3 is 2.89 bits per heavy atom. The number of rotatable bonds is 0. The van der Waals surface area contributed by atoms with Crippen LogP contribution in [0.1, 0.15) is 66.1 Å². The first kappa shape index (κ1) is 23.0. The molecule has 6 bridgehead atoms. The average molecular weight is 508 g/mol. The van der Waals surface area contributed by atoms with E-state index in [4.69, 9.17) is 4.74 Å². The van der Waals surface area contributed by atoms with E-state index in [0.29, 0.717) is 43.1 Å². The predicted molar refractivity (Wildman–Crippen MR) is 138 cm³/mol. The van der Waals surface area contributed by atoms with Gasteiger partial charge in [0.1, 0.15) is 23.1 Å². The molecule has 38 heavy (non-hydrogen) atoms. The van der Waals surface area contributed by atoms with Crippen LogP contribution < -0.4 is 4.74 Å². The first-order valence-electron chi connectivity index (χ1n) is 13.5. The molecule has 192 valence electrons. The summed E-state index contributed by atoms with van der Waals surface area (Å²) in [4.78, 5) is 36.1. The first-order valence-corrected chi connectivity index (χ1v) is 13.5. The standard InChI is InChI=1S/C30H29N5O3/c31-16-22-6-5-20-13-27(22)38-24-8-7-21-3-1-4-26(25(21)15-24)34-12-10-30(29(34)37)9-2-11-35(30)28(36)14-23-17-32-19-33(23)18-20/h5-8,13,15,17,19,26H,1-4,9-12,14,18H2/t26-,30-/m1/s1. The number of fused-ring (bicyclic) bond motifs is 6. The van der Waals surface area contributed by atoms with Crippen molar-refractivity contribution in [2.75, 3.05) is 13.1 Å². The summed E-state index contributed by atoms with van der Waals surface area (Å²) in [5.74, 6) is 1.23. The van der Waals surface area contributed by atoms with E-state index in [9.17, 15) is 14.9 Å². The summed E-state index contributed by atoms with van der Waals surface area (Å²) < 4.78 is 8.28. The summed E-state index contributed by atoms with van der Waals surface area (Å²) in [5, 5.41) is 9.75. The van der Waals surface area contributed by atoms with Gasteiger partial charge in [-0.15, -0.1) is 0 Å². The Morgan fingerprint density at radius 2 is 2.00 bits per heavy atom. The molecule has 3 aliphatic heterocycles. The van der Waals surface area contributed by atoms with Crippen LogP contribution >= 0.6 is 0 Å². The van der Waals surface area contributed by atoms with Crippen molar-refractivity contribution in [1.82, 2.24) is 19.4 Å². The highest BCUT2D eigenvalue weighted by Crippen LogP contribution is 2.45. The van der Waals surface area contributed by atoms with Gasteiger partial charge in [0.15, 0.2) is 0 Å². The molecule has 2 aromatic carbocycles. The maximum atomic E-state index is 14.2. The summed E-state index contributed by atoms with van der Waals surface area (Å²) >= 11 is 0. The quantitative estimate of drug-likeness (QED) is 0.457. The van der Waals surface area contributed by atoms with E-state index in [-0.39, 0.29) is 24.3 Å². The fourth-order valence-electron chi connectivity index (χ4n) is 7.00. The van der Waals surface area contributed by atoms with Crippen LogP contribution in [0, 0.1) is 11.3 Å². The van der Waals surface area contributed by atoms with E-state index < -0.39 is 5.54 Å². The minimum atomic E-state index is -0.740. The zero-order valence-electron chi connectivity index (χ0n) is 21.2. The molecule has 0 N–H and O–H groups in total. The normalized spacial score (nSPS) is 24.3. The Hall–Kier alpha value is -4.12. The summed E-state index contributed by atoms with van der Waals surface area (Å²) in [7, 11) is 0. The highest BCUT2D eigenvalue weighted by molar-refractivity contribution is 5.94. The summed E-state index contributed by atoms with van der Waals surface area (Å²) in [6.07, 6.45) is 8.77. The number of benzene rings is 2. The van der Waals surface area contributed by atoms with Crippen molar-refractivity contribution < 1.29 is 14.3 Å². The van der Waals surface area contributed by atoms with Crippen molar-refractivity contribution in [3.8, 4) is 17.6 Å². The van der Waals surface area contributed by atoms with Gasteiger partial charge in [-0.2, -0.15) is 5.26 Å². The number of aromatic nitrogens is 2. The largest absolute Gasteiger partial charge is 0.456 e. The number of hydrogen-bond acceptors (Lipinski definition) is 5. The molecular weight excluding hydrogens is 478 g/mol. The number of carbonyl (C=O) groups is 2. The van der Waals surface area contributed by atoms with Gasteiger partial charge in [-0.1, -0.05) is 12.1 Å². The van der Waals surface area contributed by atoms with Gasteiger partial charge in [0.05, 0.1) is 24.4 Å². The number of amides is 2. The number of nitriles is 1. The molecular formula is C30H29N5O3. The van der Waals surface area contributed by atoms with E-state index in [0.717, 1.165) is 48.9 Å². The van der Waals surface area contributed by atoms with E-state index >= 15 is 0 Å². The second kappa shape index (κ2) is 8.73. The Balaban J connectivity index is 1.37. The molecule has 1 spiro atoms. The van der Waals surface area contributed by atoms with Gasteiger partial charge >= 0.3 is 0 Å². The fraction of sp³-hybridized carbons (Fsp3) is 0.400. The van der Waals surface area contributed by atoms with Gasteiger partial charge in [-0.05, 0) is 79.5 Å². The third-order valence-electron chi connectivity index (χ3n) is 8.87. The Bertz CT molecular complexity index is 1500. The molecule has 3 aromatic rings. The second-order valence-electron chi connectivity index (χ2n) is 10.9. The van der Waals surface area contributed by atoms with Gasteiger partial charge in [-0.3, -0.25) is 9.59 Å². The molecule has 2 saturated heterocycles. The van der Waals surface area contributed by atoms with Crippen LogP contribution in [0.5, 0.6) is 11.5 Å². The maximum Gasteiger partial charge on any atom is 0.249 e. The second-order valence-corrected chi connectivity index (χ2v) is 10.9. The Morgan fingerprint density at radius 1 is 1.08 bits per heavy atom. The number of aryl methyl sites for hydroxylation is 1. The number of nitrogens with zero attached hydrogens (tertiary/aromatic N) is 5. The molecule has 2 amide bonds. The van der Waals surface area contributed by atoms with Crippen LogP contribution in [0.4, 0.5) is 0 Å². The van der Waals surface area contributed by atoms with Crippen LogP contribution in [-0.4, -0.2) is 49.8 Å². The zero-order chi connectivity index (χ0) is 25.9. The SMILES string of the molecule is N#Cc1ccc2cc1Oc1ccc3c(c1)[C@@H](CCC3)N1CC[C@]3(CCCN3C(=O)Cc3cncn3C2)C1=O. The molecule has 2 atom stereocenters. The van der Waals surface area contributed by atoms with Gasteiger partial charge in [-0.25, -0.2) is 4.98 Å². The molecule has 7 rings (SSSR count). The lowest BCUT2D eigenvalue weighted by Gasteiger charge is -2.37. The van der Waals surface area contributed by atoms with Crippen molar-refractivity contribution in [2.45, 2.75) is 63.1 Å². The van der Waals surface area contributed by atoms with Gasteiger partial charge in [0.25, 0.3) is 0 Å². The summed E-state index contributed by atoms with van der Waals surface area (Å²) in [6, 6.07) is 13.9. The van der Waals surface area contributed by atoms with E-state index in [2.05, 4.69) is 23.2 Å². The third-order valence-corrected chi connectivity index (χ3v) is 8.87. The molecule has 0 saturated carbocycles. The smallest absolute Gasteiger partial charge is 0.249 e. The van der Waals surface area contributed by atoms with Crippen molar-refractivity contribution >= 4 is 11.8 Å². The number of carbonyl (C=O) groups excluding carboxylic acids is 2. The number of imidazole rings is 1. The topological polar surface area (TPSA) is 91.5 Å². The number of hydrogen-bond donors (Lipinski definition) is 0. The minimum absolute atomic E-state index is 0.0149. The molecule has 0 unspecified atom stereocenters. The molecule has 8 nitrogen and oxygen atoms in total. The zero-order valence-corrected chi connectivity index (χ0v) is 21.2. The van der Waals surface area contributed by atoms with Crippen LogP contribution in [0.3, 0.4) is 0 Å². The van der Waals surface area contributed by atoms with E-state index in [1.165, 1.54) is 5.56 Å². The number of ether oxygens (including phenoxy) is 1. The van der Waals surface area contributed by atoms with E-state index in [1.807, 2.05) is 32.6 Å². The van der Waals surface area contributed by atoms with Crippen LogP contribution in [0.15, 0.2) is 48.9 Å².